The third kappa shape index (κ3) is 3.51. The Kier molecular flexibility index (Phi) is 4.79. The minimum absolute atomic E-state index is 0.0178. The van der Waals surface area contributed by atoms with Crippen LogP contribution in [0.5, 0.6) is 0 Å². The van der Waals surface area contributed by atoms with E-state index in [4.69, 9.17) is 5.11 Å². The molecule has 0 aromatic carbocycles. The number of sulfonamides is 1. The van der Waals surface area contributed by atoms with Gasteiger partial charge in [0.1, 0.15) is 11.4 Å². The first-order chi connectivity index (χ1) is 9.95. The van der Waals surface area contributed by atoms with Gasteiger partial charge in [-0.2, -0.15) is 9.40 Å². The predicted octanol–water partition coefficient (Wildman–Crippen LogP) is 1.09. The normalized spacial score (nSPS) is 16.4. The van der Waals surface area contributed by atoms with E-state index in [1.54, 1.807) is 6.08 Å². The first kappa shape index (κ1) is 15.7. The lowest BCUT2D eigenvalue weighted by Crippen LogP contribution is -2.38. The minimum Gasteiger partial charge on any atom is -0.480 e. The average molecular weight is 313 g/mol. The highest BCUT2D eigenvalue weighted by Crippen LogP contribution is 2.28. The Morgan fingerprint density at radius 1 is 1.52 bits per heavy atom. The summed E-state index contributed by atoms with van der Waals surface area (Å²) < 4.78 is 27.9. The van der Waals surface area contributed by atoms with Gasteiger partial charge in [-0.3, -0.25) is 9.48 Å². The molecule has 1 aliphatic carbocycles. The van der Waals surface area contributed by atoms with E-state index in [0.29, 0.717) is 0 Å². The molecule has 1 aromatic rings. The van der Waals surface area contributed by atoms with E-state index in [9.17, 15) is 13.2 Å². The second kappa shape index (κ2) is 6.40. The molecule has 21 heavy (non-hydrogen) atoms. The number of nitrogens with zero attached hydrogens (tertiary/aromatic N) is 3. The molecule has 1 heterocycles. The monoisotopic (exact) mass is 313 g/mol. The van der Waals surface area contributed by atoms with Crippen molar-refractivity contribution in [2.45, 2.75) is 43.2 Å². The lowest BCUT2D eigenvalue weighted by Gasteiger charge is -2.26. The van der Waals surface area contributed by atoms with Crippen molar-refractivity contribution in [3.8, 4) is 0 Å². The standard InChI is InChI=1S/C13H19N3O4S/c1-2-7-16(11-5-3-4-6-11)21(19,20)12-8-14-15(9-12)10-13(17)18/h2,8-9,11H,1,3-7,10H2,(H,17,18). The fourth-order valence-corrected chi connectivity index (χ4v) is 4.21. The van der Waals surface area contributed by atoms with Gasteiger partial charge in [-0.15, -0.1) is 6.58 Å². The largest absolute Gasteiger partial charge is 0.480 e. The summed E-state index contributed by atoms with van der Waals surface area (Å²) >= 11 is 0. The third-order valence-corrected chi connectivity index (χ3v) is 5.43. The van der Waals surface area contributed by atoms with Gasteiger partial charge in [0.15, 0.2) is 0 Å². The number of carboxylic acid groups (broad SMARTS) is 1. The molecule has 0 aliphatic heterocycles. The number of aromatic nitrogens is 2. The molecule has 0 saturated heterocycles. The fourth-order valence-electron chi connectivity index (χ4n) is 2.60. The van der Waals surface area contributed by atoms with Crippen molar-refractivity contribution >= 4 is 16.0 Å². The van der Waals surface area contributed by atoms with Gasteiger partial charge in [0.2, 0.25) is 10.0 Å². The molecule has 8 heteroatoms. The van der Waals surface area contributed by atoms with Crippen LogP contribution in [-0.2, 0) is 21.4 Å². The van der Waals surface area contributed by atoms with E-state index >= 15 is 0 Å². The molecule has 7 nitrogen and oxygen atoms in total. The zero-order valence-electron chi connectivity index (χ0n) is 11.7. The molecule has 0 bridgehead atoms. The van der Waals surface area contributed by atoms with Crippen molar-refractivity contribution in [1.82, 2.24) is 14.1 Å². The van der Waals surface area contributed by atoms with E-state index < -0.39 is 16.0 Å². The van der Waals surface area contributed by atoms with Gasteiger partial charge in [-0.1, -0.05) is 18.9 Å². The Morgan fingerprint density at radius 2 is 2.19 bits per heavy atom. The number of aliphatic carboxylic acids is 1. The molecule has 1 saturated carbocycles. The molecule has 116 valence electrons. The van der Waals surface area contributed by atoms with Gasteiger partial charge in [0.05, 0.1) is 6.20 Å². The summed E-state index contributed by atoms with van der Waals surface area (Å²) in [6, 6.07) is -0.0178. The van der Waals surface area contributed by atoms with Crippen molar-refractivity contribution < 1.29 is 18.3 Å². The average Bonchev–Trinajstić information content (AvgIpc) is 3.05. The molecule has 2 rings (SSSR count). The van der Waals surface area contributed by atoms with Crippen molar-refractivity contribution in [1.29, 1.82) is 0 Å². The lowest BCUT2D eigenvalue weighted by molar-refractivity contribution is -0.137. The van der Waals surface area contributed by atoms with E-state index in [1.165, 1.54) is 16.7 Å². The van der Waals surface area contributed by atoms with Gasteiger partial charge < -0.3 is 5.11 Å². The second-order valence-electron chi connectivity index (χ2n) is 5.07. The van der Waals surface area contributed by atoms with Gasteiger partial charge in [-0.05, 0) is 12.8 Å². The summed E-state index contributed by atoms with van der Waals surface area (Å²) in [5.74, 6) is -1.07. The highest BCUT2D eigenvalue weighted by Gasteiger charge is 2.33. The minimum atomic E-state index is -3.68. The first-order valence-electron chi connectivity index (χ1n) is 6.82. The van der Waals surface area contributed by atoms with Crippen LogP contribution in [0.2, 0.25) is 0 Å². The Bertz CT molecular complexity index is 617. The smallest absolute Gasteiger partial charge is 0.325 e. The number of carboxylic acids is 1. The molecule has 1 aliphatic rings. The van der Waals surface area contributed by atoms with Gasteiger partial charge in [-0.25, -0.2) is 8.42 Å². The Hall–Kier alpha value is -1.67. The molecule has 0 spiro atoms. The summed E-state index contributed by atoms with van der Waals surface area (Å²) in [5.41, 5.74) is 0. The maximum absolute atomic E-state index is 12.7. The number of hydrogen-bond donors (Lipinski definition) is 1. The lowest BCUT2D eigenvalue weighted by atomic mass is 10.2. The zero-order chi connectivity index (χ0) is 15.5. The van der Waals surface area contributed by atoms with Crippen LogP contribution in [0.15, 0.2) is 29.9 Å². The fraction of sp³-hybridized carbons (Fsp3) is 0.538. The van der Waals surface area contributed by atoms with Crippen LogP contribution in [0.25, 0.3) is 0 Å². The van der Waals surface area contributed by atoms with E-state index in [-0.39, 0.29) is 24.0 Å². The van der Waals surface area contributed by atoms with Gasteiger partial charge in [0.25, 0.3) is 0 Å². The topological polar surface area (TPSA) is 92.5 Å². The van der Waals surface area contributed by atoms with Crippen molar-refractivity contribution in [2.75, 3.05) is 6.54 Å². The number of hydrogen-bond acceptors (Lipinski definition) is 4. The SMILES string of the molecule is C=CCN(C1CCCC1)S(=O)(=O)c1cnn(CC(=O)O)c1. The van der Waals surface area contributed by atoms with Gasteiger partial charge in [0, 0.05) is 18.8 Å². The van der Waals surface area contributed by atoms with Crippen molar-refractivity contribution in [2.24, 2.45) is 0 Å². The Morgan fingerprint density at radius 3 is 2.76 bits per heavy atom. The summed E-state index contributed by atoms with van der Waals surface area (Å²) in [5, 5.41) is 12.5. The first-order valence-corrected chi connectivity index (χ1v) is 8.26. The molecule has 0 unspecified atom stereocenters. The van der Waals surface area contributed by atoms with Crippen LogP contribution in [0.4, 0.5) is 0 Å². The van der Waals surface area contributed by atoms with Crippen molar-refractivity contribution in [3.05, 3.63) is 25.0 Å². The molecule has 0 amide bonds. The summed E-state index contributed by atoms with van der Waals surface area (Å²) in [6.45, 7) is 3.51. The Balaban J connectivity index is 2.26. The molecule has 0 radical (unpaired) electrons. The molecular weight excluding hydrogens is 294 g/mol. The van der Waals surface area contributed by atoms with Crippen LogP contribution >= 0.6 is 0 Å². The van der Waals surface area contributed by atoms with E-state index in [1.807, 2.05) is 0 Å². The van der Waals surface area contributed by atoms with E-state index in [0.717, 1.165) is 30.4 Å². The van der Waals surface area contributed by atoms with Gasteiger partial charge >= 0.3 is 5.97 Å². The third-order valence-electron chi connectivity index (χ3n) is 3.55. The molecule has 0 atom stereocenters. The molecular formula is C13H19N3O4S. The molecule has 1 N–H and O–H groups in total. The van der Waals surface area contributed by atoms with Crippen LogP contribution in [0.1, 0.15) is 25.7 Å². The quantitative estimate of drug-likeness (QED) is 0.761. The maximum atomic E-state index is 12.7. The molecule has 1 aromatic heterocycles. The highest BCUT2D eigenvalue weighted by molar-refractivity contribution is 7.89. The summed E-state index contributed by atoms with van der Waals surface area (Å²) in [4.78, 5) is 10.7. The zero-order valence-corrected chi connectivity index (χ0v) is 12.5. The van der Waals surface area contributed by atoms with Crippen LogP contribution in [0, 0.1) is 0 Å². The summed E-state index contributed by atoms with van der Waals surface area (Å²) in [6.07, 6.45) is 7.75. The molecule has 1 fully saturated rings. The Labute approximate surface area is 123 Å². The van der Waals surface area contributed by atoms with E-state index in [2.05, 4.69) is 11.7 Å². The maximum Gasteiger partial charge on any atom is 0.325 e. The van der Waals surface area contributed by atoms with Crippen LogP contribution < -0.4 is 0 Å². The number of rotatable bonds is 7. The summed E-state index contributed by atoms with van der Waals surface area (Å²) in [7, 11) is -3.68. The highest BCUT2D eigenvalue weighted by atomic mass is 32.2. The van der Waals surface area contributed by atoms with Crippen LogP contribution in [0.3, 0.4) is 0 Å². The predicted molar refractivity (Wildman–Crippen MR) is 76.2 cm³/mol. The van der Waals surface area contributed by atoms with Crippen molar-refractivity contribution in [3.63, 3.8) is 0 Å². The second-order valence-corrected chi connectivity index (χ2v) is 6.96. The number of carbonyl (C=O) groups is 1. The van der Waals surface area contributed by atoms with Crippen LogP contribution in [-0.4, -0.2) is 46.2 Å².